The number of benzene rings is 1. The van der Waals surface area contributed by atoms with Crippen LogP contribution in [0.5, 0.6) is 0 Å². The maximum Gasteiger partial charge on any atom is 0.407 e. The van der Waals surface area contributed by atoms with Crippen molar-refractivity contribution in [2.24, 2.45) is 5.92 Å². The second-order valence-electron chi connectivity index (χ2n) is 6.22. The summed E-state index contributed by atoms with van der Waals surface area (Å²) in [4.78, 5) is 14.1. The van der Waals surface area contributed by atoms with Crippen LogP contribution in [0.2, 0.25) is 0 Å². The zero-order valence-electron chi connectivity index (χ0n) is 12.5. The molecule has 0 spiro atoms. The number of amides is 1. The minimum absolute atomic E-state index is 0.233. The monoisotopic (exact) mass is 288 g/mol. The summed E-state index contributed by atoms with van der Waals surface area (Å²) < 4.78 is 5.23. The number of hydrogen-bond donors (Lipinski definition) is 1. The molecule has 4 heteroatoms. The van der Waals surface area contributed by atoms with Gasteiger partial charge in [0.15, 0.2) is 0 Å². The number of rotatable bonds is 5. The highest BCUT2D eigenvalue weighted by molar-refractivity contribution is 5.67. The number of nitrogens with one attached hydrogen (secondary N) is 1. The highest BCUT2D eigenvalue weighted by atomic mass is 16.5. The van der Waals surface area contributed by atoms with Crippen molar-refractivity contribution in [3.8, 4) is 0 Å². The molecule has 0 atom stereocenters. The van der Waals surface area contributed by atoms with E-state index < -0.39 is 0 Å². The Bertz CT molecular complexity index is 451. The highest BCUT2D eigenvalue weighted by Crippen LogP contribution is 2.28. The summed E-state index contributed by atoms with van der Waals surface area (Å²) in [6.07, 6.45) is 4.20. The molecule has 3 rings (SSSR count). The average Bonchev–Trinajstić information content (AvgIpc) is 3.33. The van der Waals surface area contributed by atoms with Gasteiger partial charge in [0.2, 0.25) is 0 Å². The first-order valence-electron chi connectivity index (χ1n) is 7.99. The maximum absolute atomic E-state index is 11.7. The van der Waals surface area contributed by atoms with Crippen LogP contribution in [0.15, 0.2) is 30.3 Å². The van der Waals surface area contributed by atoms with E-state index in [1.807, 2.05) is 6.07 Å². The fourth-order valence-corrected chi connectivity index (χ4v) is 2.76. The Morgan fingerprint density at radius 1 is 1.14 bits per heavy atom. The van der Waals surface area contributed by atoms with Crippen molar-refractivity contribution in [3.63, 3.8) is 0 Å². The standard InChI is InChI=1S/C17H24N2O2/c20-17(21-13-15-6-7-15)18-16-8-10-19(11-9-16)12-14-4-2-1-3-5-14/h1-5,15-16H,6-13H2,(H,18,20). The van der Waals surface area contributed by atoms with Crippen molar-refractivity contribution in [2.75, 3.05) is 19.7 Å². The summed E-state index contributed by atoms with van der Waals surface area (Å²) in [6, 6.07) is 10.8. The predicted octanol–water partition coefficient (Wildman–Crippen LogP) is 2.79. The Kier molecular flexibility index (Phi) is 4.76. The third-order valence-corrected chi connectivity index (χ3v) is 4.31. The number of carbonyl (C=O) groups excluding carboxylic acids is 1. The van der Waals surface area contributed by atoms with Crippen LogP contribution < -0.4 is 5.32 Å². The van der Waals surface area contributed by atoms with Crippen LogP contribution in [0.4, 0.5) is 4.79 Å². The van der Waals surface area contributed by atoms with Crippen molar-refractivity contribution in [3.05, 3.63) is 35.9 Å². The molecule has 1 saturated heterocycles. The summed E-state index contributed by atoms with van der Waals surface area (Å²) in [6.45, 7) is 3.66. The van der Waals surface area contributed by atoms with E-state index in [-0.39, 0.29) is 12.1 Å². The Morgan fingerprint density at radius 2 is 1.86 bits per heavy atom. The van der Waals surface area contributed by atoms with Gasteiger partial charge in [-0.05, 0) is 37.2 Å². The molecule has 1 saturated carbocycles. The largest absolute Gasteiger partial charge is 0.449 e. The molecule has 114 valence electrons. The van der Waals surface area contributed by atoms with E-state index in [1.54, 1.807) is 0 Å². The zero-order valence-corrected chi connectivity index (χ0v) is 12.5. The van der Waals surface area contributed by atoms with Crippen molar-refractivity contribution in [1.82, 2.24) is 10.2 Å². The molecule has 1 aromatic rings. The minimum atomic E-state index is -0.233. The molecule has 0 aromatic heterocycles. The second-order valence-corrected chi connectivity index (χ2v) is 6.22. The van der Waals surface area contributed by atoms with E-state index in [9.17, 15) is 4.79 Å². The van der Waals surface area contributed by atoms with Gasteiger partial charge in [-0.3, -0.25) is 4.90 Å². The van der Waals surface area contributed by atoms with Gasteiger partial charge >= 0.3 is 6.09 Å². The molecule has 1 N–H and O–H groups in total. The minimum Gasteiger partial charge on any atom is -0.449 e. The lowest BCUT2D eigenvalue weighted by Gasteiger charge is -2.32. The van der Waals surface area contributed by atoms with Crippen molar-refractivity contribution >= 4 is 6.09 Å². The van der Waals surface area contributed by atoms with E-state index in [4.69, 9.17) is 4.74 Å². The highest BCUT2D eigenvalue weighted by Gasteiger charge is 2.25. The van der Waals surface area contributed by atoms with Crippen LogP contribution in [0.3, 0.4) is 0 Å². The molecule has 1 heterocycles. The molecular weight excluding hydrogens is 264 g/mol. The van der Waals surface area contributed by atoms with Gasteiger partial charge in [-0.2, -0.15) is 0 Å². The Labute approximate surface area is 126 Å². The topological polar surface area (TPSA) is 41.6 Å². The third-order valence-electron chi connectivity index (χ3n) is 4.31. The van der Waals surface area contributed by atoms with E-state index in [2.05, 4.69) is 34.5 Å². The number of alkyl carbamates (subject to hydrolysis) is 1. The predicted molar refractivity (Wildman–Crippen MR) is 81.9 cm³/mol. The molecule has 1 aromatic carbocycles. The lowest BCUT2D eigenvalue weighted by Crippen LogP contribution is -2.44. The Hall–Kier alpha value is -1.55. The molecule has 2 fully saturated rings. The number of carbonyl (C=O) groups is 1. The first-order valence-corrected chi connectivity index (χ1v) is 7.99. The number of hydrogen-bond acceptors (Lipinski definition) is 3. The molecule has 4 nitrogen and oxygen atoms in total. The summed E-state index contributed by atoms with van der Waals surface area (Å²) in [7, 11) is 0. The number of ether oxygens (including phenoxy) is 1. The summed E-state index contributed by atoms with van der Waals surface area (Å²) in [5, 5.41) is 3.00. The van der Waals surface area contributed by atoms with Crippen LogP contribution in [0, 0.1) is 5.92 Å². The van der Waals surface area contributed by atoms with Gasteiger partial charge < -0.3 is 10.1 Å². The van der Waals surface area contributed by atoms with Gasteiger partial charge in [-0.1, -0.05) is 30.3 Å². The van der Waals surface area contributed by atoms with E-state index in [1.165, 1.54) is 18.4 Å². The van der Waals surface area contributed by atoms with Crippen LogP contribution in [-0.2, 0) is 11.3 Å². The number of piperidine rings is 1. The zero-order chi connectivity index (χ0) is 14.5. The average molecular weight is 288 g/mol. The first-order chi connectivity index (χ1) is 10.3. The van der Waals surface area contributed by atoms with Crippen LogP contribution in [-0.4, -0.2) is 36.7 Å². The smallest absolute Gasteiger partial charge is 0.407 e. The first kappa shape index (κ1) is 14.4. The van der Waals surface area contributed by atoms with Crippen molar-refractivity contribution in [2.45, 2.75) is 38.3 Å². The maximum atomic E-state index is 11.7. The summed E-state index contributed by atoms with van der Waals surface area (Å²) >= 11 is 0. The third kappa shape index (κ3) is 4.74. The SMILES string of the molecule is O=C(NC1CCN(Cc2ccccc2)CC1)OCC1CC1. The lowest BCUT2D eigenvalue weighted by molar-refractivity contribution is 0.127. The Morgan fingerprint density at radius 3 is 2.52 bits per heavy atom. The van der Waals surface area contributed by atoms with Crippen molar-refractivity contribution in [1.29, 1.82) is 0 Å². The van der Waals surface area contributed by atoms with Crippen molar-refractivity contribution < 1.29 is 9.53 Å². The number of likely N-dealkylation sites (tertiary alicyclic amines) is 1. The van der Waals surface area contributed by atoms with Crippen LogP contribution in [0.1, 0.15) is 31.2 Å². The normalized spacial score (nSPS) is 20.2. The molecule has 0 radical (unpaired) electrons. The van der Waals surface area contributed by atoms with Gasteiger partial charge in [-0.25, -0.2) is 4.79 Å². The van der Waals surface area contributed by atoms with Crippen LogP contribution >= 0.6 is 0 Å². The van der Waals surface area contributed by atoms with E-state index in [0.717, 1.165) is 32.5 Å². The van der Waals surface area contributed by atoms with Crippen LogP contribution in [0.25, 0.3) is 0 Å². The summed E-state index contributed by atoms with van der Waals surface area (Å²) in [5.74, 6) is 0.628. The van der Waals surface area contributed by atoms with Gasteiger partial charge in [-0.15, -0.1) is 0 Å². The molecule has 0 bridgehead atoms. The van der Waals surface area contributed by atoms with E-state index >= 15 is 0 Å². The summed E-state index contributed by atoms with van der Waals surface area (Å²) in [5.41, 5.74) is 1.35. The lowest BCUT2D eigenvalue weighted by atomic mass is 10.0. The second kappa shape index (κ2) is 6.94. The fourth-order valence-electron chi connectivity index (χ4n) is 2.76. The molecule has 1 aliphatic heterocycles. The Balaban J connectivity index is 1.35. The van der Waals surface area contributed by atoms with Gasteiger partial charge in [0.05, 0.1) is 6.61 Å². The number of nitrogens with zero attached hydrogens (tertiary/aromatic N) is 1. The van der Waals surface area contributed by atoms with Gasteiger partial charge in [0, 0.05) is 25.7 Å². The fraction of sp³-hybridized carbons (Fsp3) is 0.588. The molecule has 1 amide bonds. The molecule has 21 heavy (non-hydrogen) atoms. The van der Waals surface area contributed by atoms with Gasteiger partial charge in [0.25, 0.3) is 0 Å². The molecular formula is C17H24N2O2. The quantitative estimate of drug-likeness (QED) is 0.906. The van der Waals surface area contributed by atoms with Gasteiger partial charge in [0.1, 0.15) is 0 Å². The molecule has 2 aliphatic rings. The molecule has 0 unspecified atom stereocenters. The van der Waals surface area contributed by atoms with E-state index in [0.29, 0.717) is 12.5 Å². The molecule has 1 aliphatic carbocycles.